The van der Waals surface area contributed by atoms with Gasteiger partial charge in [0, 0.05) is 19.8 Å². The van der Waals surface area contributed by atoms with Crippen LogP contribution >= 0.6 is 0 Å². The number of aliphatic carboxylic acids is 1. The van der Waals surface area contributed by atoms with Gasteiger partial charge in [0.1, 0.15) is 0 Å². The third-order valence-electron chi connectivity index (χ3n) is 3.95. The Hall–Kier alpha value is -1.36. The van der Waals surface area contributed by atoms with E-state index in [1.54, 1.807) is 0 Å². The fourth-order valence-corrected chi connectivity index (χ4v) is 2.37. The van der Waals surface area contributed by atoms with Gasteiger partial charge in [-0.3, -0.25) is 9.48 Å². The van der Waals surface area contributed by atoms with Crippen molar-refractivity contribution in [2.75, 3.05) is 19.6 Å². The van der Waals surface area contributed by atoms with Crippen LogP contribution in [-0.2, 0) is 18.3 Å². The third-order valence-corrected chi connectivity index (χ3v) is 3.95. The number of aryl methyl sites for hydroxylation is 1. The minimum Gasteiger partial charge on any atom is -0.481 e. The molecule has 1 N–H and O–H groups in total. The lowest BCUT2D eigenvalue weighted by molar-refractivity contribution is -0.150. The van der Waals surface area contributed by atoms with Crippen molar-refractivity contribution >= 4 is 5.97 Å². The molecule has 0 unspecified atom stereocenters. The molecule has 1 saturated heterocycles. The molecule has 1 fully saturated rings. The maximum absolute atomic E-state index is 11.1. The molecule has 1 aromatic rings. The molecule has 0 atom stereocenters. The second-order valence-electron chi connectivity index (χ2n) is 5.48. The van der Waals surface area contributed by atoms with Gasteiger partial charge in [0.15, 0.2) is 0 Å². The Bertz CT molecular complexity index is 420. The van der Waals surface area contributed by atoms with Crippen molar-refractivity contribution in [3.05, 3.63) is 18.0 Å². The van der Waals surface area contributed by atoms with Crippen molar-refractivity contribution in [2.24, 2.45) is 12.5 Å². The van der Waals surface area contributed by atoms with Gasteiger partial charge in [-0.15, -0.1) is 0 Å². The highest BCUT2D eigenvalue weighted by Crippen LogP contribution is 2.30. The first-order valence-corrected chi connectivity index (χ1v) is 6.43. The molecule has 2 heterocycles. The fraction of sp³-hybridized carbons (Fsp3) is 0.692. The molecule has 5 nitrogen and oxygen atoms in total. The van der Waals surface area contributed by atoms with Gasteiger partial charge >= 0.3 is 5.97 Å². The third kappa shape index (κ3) is 2.90. The van der Waals surface area contributed by atoms with Crippen molar-refractivity contribution in [2.45, 2.75) is 26.2 Å². The Morgan fingerprint density at radius 2 is 2.17 bits per heavy atom. The molecular formula is C13H21N3O2. The van der Waals surface area contributed by atoms with Gasteiger partial charge < -0.3 is 10.0 Å². The van der Waals surface area contributed by atoms with Gasteiger partial charge in [0.2, 0.25) is 0 Å². The van der Waals surface area contributed by atoms with Crippen LogP contribution in [0, 0.1) is 5.41 Å². The van der Waals surface area contributed by atoms with Gasteiger partial charge in [-0.05, 0) is 44.8 Å². The van der Waals surface area contributed by atoms with E-state index in [9.17, 15) is 4.79 Å². The summed E-state index contributed by atoms with van der Waals surface area (Å²) < 4.78 is 1.81. The normalized spacial score (nSPS) is 19.9. The number of carboxylic acid groups (broad SMARTS) is 1. The molecule has 1 aliphatic rings. The lowest BCUT2D eigenvalue weighted by Crippen LogP contribution is -2.43. The van der Waals surface area contributed by atoms with Crippen molar-refractivity contribution in [3.8, 4) is 0 Å². The number of rotatable bonds is 4. The summed E-state index contributed by atoms with van der Waals surface area (Å²) in [5.41, 5.74) is 0.717. The summed E-state index contributed by atoms with van der Waals surface area (Å²) in [5, 5.41) is 13.3. The Balaban J connectivity index is 1.79. The second kappa shape index (κ2) is 5.10. The highest BCUT2D eigenvalue weighted by molar-refractivity contribution is 5.74. The number of carboxylic acids is 1. The summed E-state index contributed by atoms with van der Waals surface area (Å²) in [5.74, 6) is -0.658. The van der Waals surface area contributed by atoms with Gasteiger partial charge in [-0.2, -0.15) is 5.10 Å². The molecule has 1 aromatic heterocycles. The molecule has 0 spiro atoms. The number of hydrogen-bond donors (Lipinski definition) is 1. The van der Waals surface area contributed by atoms with Crippen LogP contribution < -0.4 is 0 Å². The molecule has 0 amide bonds. The van der Waals surface area contributed by atoms with Crippen LogP contribution in [-0.4, -0.2) is 45.4 Å². The summed E-state index contributed by atoms with van der Waals surface area (Å²) in [7, 11) is 1.92. The van der Waals surface area contributed by atoms with Crippen molar-refractivity contribution in [3.63, 3.8) is 0 Å². The maximum Gasteiger partial charge on any atom is 0.309 e. The van der Waals surface area contributed by atoms with Crippen LogP contribution in [0.2, 0.25) is 0 Å². The Kier molecular flexibility index (Phi) is 3.71. The molecule has 18 heavy (non-hydrogen) atoms. The number of likely N-dealkylation sites (tertiary alicyclic amines) is 1. The Morgan fingerprint density at radius 1 is 1.50 bits per heavy atom. The van der Waals surface area contributed by atoms with E-state index < -0.39 is 11.4 Å². The van der Waals surface area contributed by atoms with Crippen LogP contribution in [0.3, 0.4) is 0 Å². The Morgan fingerprint density at radius 3 is 2.67 bits per heavy atom. The van der Waals surface area contributed by atoms with Crippen LogP contribution in [0.1, 0.15) is 25.3 Å². The van der Waals surface area contributed by atoms with Gasteiger partial charge in [-0.25, -0.2) is 0 Å². The van der Waals surface area contributed by atoms with E-state index in [0.29, 0.717) is 0 Å². The molecule has 0 bridgehead atoms. The van der Waals surface area contributed by atoms with Crippen LogP contribution in [0.4, 0.5) is 0 Å². The largest absolute Gasteiger partial charge is 0.481 e. The van der Waals surface area contributed by atoms with E-state index in [-0.39, 0.29) is 0 Å². The summed E-state index contributed by atoms with van der Waals surface area (Å²) in [6, 6.07) is 0. The van der Waals surface area contributed by atoms with E-state index >= 15 is 0 Å². The number of nitrogens with zero attached hydrogens (tertiary/aromatic N) is 3. The van der Waals surface area contributed by atoms with Gasteiger partial charge in [0.05, 0.1) is 11.6 Å². The lowest BCUT2D eigenvalue weighted by Gasteiger charge is -2.36. The number of hydrogen-bond acceptors (Lipinski definition) is 3. The minimum atomic E-state index is -0.658. The monoisotopic (exact) mass is 251 g/mol. The summed E-state index contributed by atoms with van der Waals surface area (Å²) in [6.45, 7) is 4.60. The second-order valence-corrected chi connectivity index (χ2v) is 5.48. The number of carbonyl (C=O) groups is 1. The molecule has 0 aromatic carbocycles. The van der Waals surface area contributed by atoms with E-state index in [0.717, 1.165) is 38.9 Å². The molecular weight excluding hydrogens is 230 g/mol. The molecule has 0 radical (unpaired) electrons. The standard InChI is InChI=1S/C13H21N3O2/c1-13(12(17)18)4-7-16(8-5-13)6-3-11-9-14-15(2)10-11/h9-10H,3-8H2,1-2H3,(H,17,18). The summed E-state index contributed by atoms with van der Waals surface area (Å²) in [4.78, 5) is 13.5. The SMILES string of the molecule is Cn1cc(CCN2CCC(C)(C(=O)O)CC2)cn1. The van der Waals surface area contributed by atoms with Crippen molar-refractivity contribution in [1.29, 1.82) is 0 Å². The number of piperidine rings is 1. The van der Waals surface area contributed by atoms with Gasteiger partial charge in [-0.1, -0.05) is 0 Å². The zero-order valence-corrected chi connectivity index (χ0v) is 11.1. The minimum absolute atomic E-state index is 0.523. The molecule has 100 valence electrons. The zero-order chi connectivity index (χ0) is 13.2. The predicted octanol–water partition coefficient (Wildman–Crippen LogP) is 1.15. The maximum atomic E-state index is 11.1. The summed E-state index contributed by atoms with van der Waals surface area (Å²) >= 11 is 0. The van der Waals surface area contributed by atoms with E-state index in [4.69, 9.17) is 5.11 Å². The van der Waals surface area contributed by atoms with E-state index in [1.807, 2.05) is 31.0 Å². The first-order valence-electron chi connectivity index (χ1n) is 6.43. The van der Waals surface area contributed by atoms with E-state index in [1.165, 1.54) is 5.56 Å². The highest BCUT2D eigenvalue weighted by Gasteiger charge is 2.36. The van der Waals surface area contributed by atoms with Crippen LogP contribution in [0.15, 0.2) is 12.4 Å². The lowest BCUT2D eigenvalue weighted by atomic mass is 9.80. The molecule has 0 aliphatic carbocycles. The Labute approximate surface area is 107 Å². The van der Waals surface area contributed by atoms with Crippen molar-refractivity contribution < 1.29 is 9.90 Å². The average Bonchev–Trinajstić information content (AvgIpc) is 2.74. The van der Waals surface area contributed by atoms with Crippen molar-refractivity contribution in [1.82, 2.24) is 14.7 Å². The zero-order valence-electron chi connectivity index (χ0n) is 11.1. The quantitative estimate of drug-likeness (QED) is 0.872. The first-order chi connectivity index (χ1) is 8.49. The average molecular weight is 251 g/mol. The molecule has 1 aliphatic heterocycles. The smallest absolute Gasteiger partial charge is 0.309 e. The van der Waals surface area contributed by atoms with Crippen LogP contribution in [0.25, 0.3) is 0 Å². The number of aromatic nitrogens is 2. The molecule has 2 rings (SSSR count). The molecule has 0 saturated carbocycles. The first kappa shape index (κ1) is 13.1. The topological polar surface area (TPSA) is 58.4 Å². The summed E-state index contributed by atoms with van der Waals surface area (Å²) in [6.07, 6.45) is 6.40. The predicted molar refractivity (Wildman–Crippen MR) is 68.3 cm³/mol. The highest BCUT2D eigenvalue weighted by atomic mass is 16.4. The fourth-order valence-electron chi connectivity index (χ4n) is 2.37. The molecule has 5 heteroatoms. The van der Waals surface area contributed by atoms with Gasteiger partial charge in [0.25, 0.3) is 0 Å². The van der Waals surface area contributed by atoms with E-state index in [2.05, 4.69) is 10.00 Å². The van der Waals surface area contributed by atoms with Crippen LogP contribution in [0.5, 0.6) is 0 Å².